The minimum absolute atomic E-state index is 0.531. The van der Waals surface area contributed by atoms with E-state index < -0.39 is 0 Å². The summed E-state index contributed by atoms with van der Waals surface area (Å²) in [6.07, 6.45) is 1.26. The monoisotopic (exact) mass is 246 g/mol. The summed E-state index contributed by atoms with van der Waals surface area (Å²) in [6, 6.07) is 12.1. The molecule has 1 saturated heterocycles. The highest BCUT2D eigenvalue weighted by atomic mass is 15.2. The first-order valence-corrected chi connectivity index (χ1v) is 7.25. The van der Waals surface area contributed by atoms with E-state index in [0.717, 1.165) is 25.6 Å². The van der Waals surface area contributed by atoms with Crippen molar-refractivity contribution in [1.29, 1.82) is 0 Å². The van der Waals surface area contributed by atoms with Crippen molar-refractivity contribution in [2.75, 3.05) is 19.6 Å². The third kappa shape index (κ3) is 2.93. The lowest BCUT2D eigenvalue weighted by Crippen LogP contribution is -2.51. The zero-order valence-corrected chi connectivity index (χ0v) is 11.9. The molecule has 100 valence electrons. The molecule has 0 aliphatic carbocycles. The Labute approximate surface area is 111 Å². The van der Waals surface area contributed by atoms with E-state index in [-0.39, 0.29) is 0 Å². The number of hydrogen-bond acceptors (Lipinski definition) is 2. The van der Waals surface area contributed by atoms with Crippen LogP contribution in [0.1, 0.15) is 38.8 Å². The number of nitrogens with zero attached hydrogens (tertiary/aromatic N) is 1. The summed E-state index contributed by atoms with van der Waals surface area (Å²) in [5.74, 6) is 0.759. The second-order valence-corrected chi connectivity index (χ2v) is 5.49. The summed E-state index contributed by atoms with van der Waals surface area (Å²) in [7, 11) is 0. The Kier molecular flexibility index (Phi) is 4.79. The Hall–Kier alpha value is -0.860. The largest absolute Gasteiger partial charge is 0.314 e. The van der Waals surface area contributed by atoms with Crippen molar-refractivity contribution >= 4 is 0 Å². The van der Waals surface area contributed by atoms with Crippen LogP contribution in [0.25, 0.3) is 0 Å². The van der Waals surface area contributed by atoms with E-state index in [4.69, 9.17) is 0 Å². The van der Waals surface area contributed by atoms with Gasteiger partial charge in [-0.15, -0.1) is 0 Å². The van der Waals surface area contributed by atoms with E-state index in [1.54, 1.807) is 0 Å². The average molecular weight is 246 g/mol. The van der Waals surface area contributed by atoms with E-state index >= 15 is 0 Å². The van der Waals surface area contributed by atoms with Crippen LogP contribution in [0.4, 0.5) is 0 Å². The molecule has 2 nitrogen and oxygen atoms in total. The van der Waals surface area contributed by atoms with Gasteiger partial charge in [0.2, 0.25) is 0 Å². The molecule has 0 amide bonds. The van der Waals surface area contributed by atoms with Crippen LogP contribution >= 0.6 is 0 Å². The zero-order valence-electron chi connectivity index (χ0n) is 11.9. The number of piperazine rings is 1. The van der Waals surface area contributed by atoms with Gasteiger partial charge in [-0.3, -0.25) is 4.90 Å². The van der Waals surface area contributed by atoms with Crippen LogP contribution in [0.3, 0.4) is 0 Å². The molecular weight excluding hydrogens is 220 g/mol. The molecule has 1 aromatic rings. The van der Waals surface area contributed by atoms with Gasteiger partial charge in [-0.05, 0) is 18.4 Å². The zero-order chi connectivity index (χ0) is 13.0. The van der Waals surface area contributed by atoms with Crippen molar-refractivity contribution in [2.24, 2.45) is 5.92 Å². The topological polar surface area (TPSA) is 15.3 Å². The van der Waals surface area contributed by atoms with Gasteiger partial charge < -0.3 is 5.32 Å². The van der Waals surface area contributed by atoms with E-state index in [0.29, 0.717) is 12.1 Å². The molecule has 1 fully saturated rings. The van der Waals surface area contributed by atoms with Crippen molar-refractivity contribution in [3.05, 3.63) is 35.9 Å². The summed E-state index contributed by atoms with van der Waals surface area (Å²) in [6.45, 7) is 10.4. The minimum Gasteiger partial charge on any atom is -0.314 e. The molecule has 18 heavy (non-hydrogen) atoms. The molecule has 0 spiro atoms. The molecule has 2 rings (SSSR count). The van der Waals surface area contributed by atoms with Gasteiger partial charge in [-0.1, -0.05) is 50.6 Å². The maximum Gasteiger partial charge on any atom is 0.0476 e. The summed E-state index contributed by atoms with van der Waals surface area (Å²) in [5.41, 5.74) is 1.44. The van der Waals surface area contributed by atoms with Gasteiger partial charge in [0.05, 0.1) is 0 Å². The Bertz CT molecular complexity index is 349. The number of rotatable bonds is 4. The summed E-state index contributed by atoms with van der Waals surface area (Å²) >= 11 is 0. The van der Waals surface area contributed by atoms with E-state index in [9.17, 15) is 0 Å². The van der Waals surface area contributed by atoms with Crippen molar-refractivity contribution < 1.29 is 0 Å². The summed E-state index contributed by atoms with van der Waals surface area (Å²) in [4.78, 5) is 2.68. The molecule has 0 saturated carbocycles. The van der Waals surface area contributed by atoms with E-state index in [2.05, 4.69) is 61.3 Å². The van der Waals surface area contributed by atoms with Crippen molar-refractivity contribution in [1.82, 2.24) is 10.2 Å². The van der Waals surface area contributed by atoms with Crippen LogP contribution < -0.4 is 5.32 Å². The lowest BCUT2D eigenvalue weighted by molar-refractivity contribution is 0.0831. The molecule has 0 aromatic heterocycles. The van der Waals surface area contributed by atoms with Crippen LogP contribution in [0, 0.1) is 5.92 Å². The van der Waals surface area contributed by atoms with Crippen LogP contribution in [0.15, 0.2) is 30.3 Å². The Morgan fingerprint density at radius 1 is 1.28 bits per heavy atom. The van der Waals surface area contributed by atoms with Crippen LogP contribution in [0.5, 0.6) is 0 Å². The normalized spacial score (nSPS) is 24.7. The third-order valence-corrected chi connectivity index (χ3v) is 4.46. The quantitative estimate of drug-likeness (QED) is 0.878. The third-order valence-electron chi connectivity index (χ3n) is 4.46. The first-order valence-electron chi connectivity index (χ1n) is 7.25. The predicted molar refractivity (Wildman–Crippen MR) is 77.7 cm³/mol. The highest BCUT2D eigenvalue weighted by Gasteiger charge is 2.29. The highest BCUT2D eigenvalue weighted by Crippen LogP contribution is 2.27. The smallest absolute Gasteiger partial charge is 0.0476 e. The molecule has 3 unspecified atom stereocenters. The minimum atomic E-state index is 0.531. The highest BCUT2D eigenvalue weighted by molar-refractivity contribution is 5.20. The first-order chi connectivity index (χ1) is 8.74. The fourth-order valence-corrected chi connectivity index (χ4v) is 2.86. The van der Waals surface area contributed by atoms with Crippen LogP contribution in [-0.4, -0.2) is 30.6 Å². The molecule has 1 aromatic carbocycles. The number of nitrogens with one attached hydrogen (secondary N) is 1. The molecule has 2 heteroatoms. The van der Waals surface area contributed by atoms with Crippen molar-refractivity contribution in [3.8, 4) is 0 Å². The lowest BCUT2D eigenvalue weighted by atomic mass is 9.94. The van der Waals surface area contributed by atoms with Crippen LogP contribution in [-0.2, 0) is 0 Å². The summed E-state index contributed by atoms with van der Waals surface area (Å²) in [5, 5.41) is 3.53. The predicted octanol–water partition coefficient (Wildman–Crippen LogP) is 3.07. The van der Waals surface area contributed by atoms with Gasteiger partial charge in [0.1, 0.15) is 0 Å². The summed E-state index contributed by atoms with van der Waals surface area (Å²) < 4.78 is 0. The number of hydrogen-bond donors (Lipinski definition) is 1. The fourth-order valence-electron chi connectivity index (χ4n) is 2.86. The van der Waals surface area contributed by atoms with Gasteiger partial charge in [-0.2, -0.15) is 0 Å². The number of benzene rings is 1. The van der Waals surface area contributed by atoms with Crippen molar-refractivity contribution in [2.45, 2.75) is 39.3 Å². The molecule has 1 aliphatic heterocycles. The molecular formula is C16H26N2. The molecule has 1 N–H and O–H groups in total. The Balaban J connectivity index is 2.16. The standard InChI is InChI=1S/C16H26N2/c1-4-13(2)14(3)18-11-10-17-12-16(18)15-8-6-5-7-9-15/h5-9,13-14,16-17H,4,10-12H2,1-3H3. The van der Waals surface area contributed by atoms with Gasteiger partial charge in [0, 0.05) is 31.7 Å². The molecule has 1 heterocycles. The van der Waals surface area contributed by atoms with Crippen LogP contribution in [0.2, 0.25) is 0 Å². The fraction of sp³-hybridized carbons (Fsp3) is 0.625. The average Bonchev–Trinajstić information content (AvgIpc) is 2.46. The second-order valence-electron chi connectivity index (χ2n) is 5.49. The van der Waals surface area contributed by atoms with Gasteiger partial charge >= 0.3 is 0 Å². The molecule has 1 aliphatic rings. The van der Waals surface area contributed by atoms with Gasteiger partial charge in [0.25, 0.3) is 0 Å². The van der Waals surface area contributed by atoms with E-state index in [1.165, 1.54) is 12.0 Å². The van der Waals surface area contributed by atoms with Gasteiger partial charge in [0.15, 0.2) is 0 Å². The van der Waals surface area contributed by atoms with Crippen molar-refractivity contribution in [3.63, 3.8) is 0 Å². The first kappa shape index (κ1) is 13.6. The SMILES string of the molecule is CCC(C)C(C)N1CCNCC1c1ccccc1. The maximum absolute atomic E-state index is 3.53. The molecule has 0 radical (unpaired) electrons. The Morgan fingerprint density at radius 3 is 2.67 bits per heavy atom. The lowest BCUT2D eigenvalue weighted by Gasteiger charge is -2.42. The van der Waals surface area contributed by atoms with Gasteiger partial charge in [-0.25, -0.2) is 0 Å². The second kappa shape index (κ2) is 6.35. The molecule has 3 atom stereocenters. The molecule has 0 bridgehead atoms. The van der Waals surface area contributed by atoms with E-state index in [1.807, 2.05) is 0 Å². The maximum atomic E-state index is 3.53. The Morgan fingerprint density at radius 2 is 2.00 bits per heavy atom.